The first kappa shape index (κ1) is 10.4. The summed E-state index contributed by atoms with van der Waals surface area (Å²) in [7, 11) is 0. The highest BCUT2D eigenvalue weighted by Gasteiger charge is 1.99. The van der Waals surface area contributed by atoms with Gasteiger partial charge in [0.15, 0.2) is 0 Å². The first-order valence-electron chi connectivity index (χ1n) is 4.41. The molecule has 1 rings (SSSR count). The van der Waals surface area contributed by atoms with Gasteiger partial charge in [-0.2, -0.15) is 5.10 Å². The van der Waals surface area contributed by atoms with Crippen LogP contribution in [0.15, 0.2) is 12.4 Å². The van der Waals surface area contributed by atoms with Crippen molar-refractivity contribution in [2.24, 2.45) is 0 Å². The number of anilines is 1. The summed E-state index contributed by atoms with van der Waals surface area (Å²) < 4.78 is 6.33. The van der Waals surface area contributed by atoms with Gasteiger partial charge in [0.2, 0.25) is 0 Å². The topological polar surface area (TPSA) is 82.2 Å². The number of carbonyl (C=O) groups excluding carboxylic acids is 1. The Morgan fingerprint density at radius 3 is 3.14 bits per heavy atom. The normalized spacial score (nSPS) is 9.79. The van der Waals surface area contributed by atoms with Crippen LogP contribution < -0.4 is 11.1 Å². The molecule has 1 amide bonds. The molecule has 0 spiro atoms. The molecular weight excluding hydrogens is 184 g/mol. The van der Waals surface area contributed by atoms with Crippen LogP contribution in [0.25, 0.3) is 0 Å². The lowest BCUT2D eigenvalue weighted by atomic mass is 10.6. The first-order chi connectivity index (χ1) is 6.72. The lowest BCUT2D eigenvalue weighted by Crippen LogP contribution is -2.27. The molecule has 0 unspecified atom stereocenters. The van der Waals surface area contributed by atoms with E-state index in [1.54, 1.807) is 24.0 Å². The van der Waals surface area contributed by atoms with Gasteiger partial charge >= 0.3 is 6.09 Å². The summed E-state index contributed by atoms with van der Waals surface area (Å²) in [5.74, 6) is 0. The SMILES string of the molecule is CCOC(=O)NCCn1cc(N)cn1. The maximum absolute atomic E-state index is 10.9. The predicted octanol–water partition coefficient (Wildman–Crippen LogP) is 0.211. The third-order valence-electron chi connectivity index (χ3n) is 1.54. The van der Waals surface area contributed by atoms with Crippen molar-refractivity contribution in [3.8, 4) is 0 Å². The van der Waals surface area contributed by atoms with Crippen molar-refractivity contribution in [2.45, 2.75) is 13.5 Å². The number of hydrogen-bond acceptors (Lipinski definition) is 4. The van der Waals surface area contributed by atoms with Gasteiger partial charge in [-0.25, -0.2) is 4.79 Å². The van der Waals surface area contributed by atoms with Gasteiger partial charge in [-0.15, -0.1) is 0 Å². The summed E-state index contributed by atoms with van der Waals surface area (Å²) >= 11 is 0. The van der Waals surface area contributed by atoms with Crippen LogP contribution in [-0.4, -0.2) is 29.0 Å². The smallest absolute Gasteiger partial charge is 0.407 e. The van der Waals surface area contributed by atoms with Crippen LogP contribution in [-0.2, 0) is 11.3 Å². The van der Waals surface area contributed by atoms with Gasteiger partial charge in [0.1, 0.15) is 0 Å². The fraction of sp³-hybridized carbons (Fsp3) is 0.500. The number of alkyl carbamates (subject to hydrolysis) is 1. The van der Waals surface area contributed by atoms with Gasteiger partial charge in [0, 0.05) is 12.7 Å². The van der Waals surface area contributed by atoms with Crippen molar-refractivity contribution in [1.29, 1.82) is 0 Å². The number of ether oxygens (including phenoxy) is 1. The number of nitrogen functional groups attached to an aromatic ring is 1. The van der Waals surface area contributed by atoms with E-state index < -0.39 is 6.09 Å². The number of amides is 1. The molecule has 0 atom stereocenters. The van der Waals surface area contributed by atoms with Crippen molar-refractivity contribution in [3.63, 3.8) is 0 Å². The molecule has 1 aromatic heterocycles. The second kappa shape index (κ2) is 5.11. The number of nitrogens with one attached hydrogen (secondary N) is 1. The Hall–Kier alpha value is -1.72. The van der Waals surface area contributed by atoms with Gasteiger partial charge in [-0.1, -0.05) is 0 Å². The molecule has 0 aliphatic carbocycles. The van der Waals surface area contributed by atoms with Crippen molar-refractivity contribution in [2.75, 3.05) is 18.9 Å². The number of rotatable bonds is 4. The molecule has 0 aliphatic heterocycles. The van der Waals surface area contributed by atoms with Gasteiger partial charge in [0.25, 0.3) is 0 Å². The highest BCUT2D eigenvalue weighted by Crippen LogP contribution is 1.96. The third-order valence-corrected chi connectivity index (χ3v) is 1.54. The highest BCUT2D eigenvalue weighted by molar-refractivity contribution is 5.66. The Kier molecular flexibility index (Phi) is 3.78. The van der Waals surface area contributed by atoms with Crippen LogP contribution in [0.2, 0.25) is 0 Å². The van der Waals surface area contributed by atoms with Gasteiger partial charge < -0.3 is 15.8 Å². The quantitative estimate of drug-likeness (QED) is 0.724. The van der Waals surface area contributed by atoms with E-state index in [0.717, 1.165) is 0 Å². The highest BCUT2D eigenvalue weighted by atomic mass is 16.5. The van der Waals surface area contributed by atoms with Crippen LogP contribution in [0.3, 0.4) is 0 Å². The van der Waals surface area contributed by atoms with Crippen LogP contribution in [0.5, 0.6) is 0 Å². The van der Waals surface area contributed by atoms with Crippen molar-refractivity contribution >= 4 is 11.8 Å². The van der Waals surface area contributed by atoms with E-state index in [1.165, 1.54) is 0 Å². The Morgan fingerprint density at radius 2 is 2.57 bits per heavy atom. The fourth-order valence-electron chi connectivity index (χ4n) is 0.956. The molecule has 6 heteroatoms. The zero-order chi connectivity index (χ0) is 10.4. The molecule has 14 heavy (non-hydrogen) atoms. The van der Waals surface area contributed by atoms with E-state index in [0.29, 0.717) is 25.4 Å². The molecule has 0 fully saturated rings. The summed E-state index contributed by atoms with van der Waals surface area (Å²) in [5.41, 5.74) is 6.07. The lowest BCUT2D eigenvalue weighted by Gasteiger charge is -2.04. The Bertz CT molecular complexity index is 297. The molecule has 0 saturated heterocycles. The number of nitrogens with two attached hydrogens (primary N) is 1. The van der Waals surface area contributed by atoms with Gasteiger partial charge in [-0.3, -0.25) is 4.68 Å². The van der Waals surface area contributed by atoms with Gasteiger partial charge in [-0.05, 0) is 6.92 Å². The van der Waals surface area contributed by atoms with E-state index >= 15 is 0 Å². The van der Waals surface area contributed by atoms with Crippen LogP contribution >= 0.6 is 0 Å². The summed E-state index contributed by atoms with van der Waals surface area (Å²) in [6.07, 6.45) is 2.85. The van der Waals surface area contributed by atoms with E-state index in [9.17, 15) is 4.79 Å². The Balaban J connectivity index is 2.18. The summed E-state index contributed by atoms with van der Waals surface area (Å²) in [6, 6.07) is 0. The molecule has 0 aromatic carbocycles. The molecule has 6 nitrogen and oxygen atoms in total. The minimum atomic E-state index is -0.410. The van der Waals surface area contributed by atoms with Gasteiger partial charge in [0.05, 0.1) is 25.0 Å². The average molecular weight is 198 g/mol. The standard InChI is InChI=1S/C8H14N4O2/c1-2-14-8(13)10-3-4-12-6-7(9)5-11-12/h5-6H,2-4,9H2,1H3,(H,10,13). The molecule has 0 radical (unpaired) electrons. The first-order valence-corrected chi connectivity index (χ1v) is 4.41. The molecule has 1 aromatic rings. The van der Waals surface area contributed by atoms with Crippen LogP contribution in [0.4, 0.5) is 10.5 Å². The zero-order valence-corrected chi connectivity index (χ0v) is 8.06. The number of hydrogen-bond donors (Lipinski definition) is 2. The number of aromatic nitrogens is 2. The molecular formula is C8H14N4O2. The van der Waals surface area contributed by atoms with Crippen molar-refractivity contribution in [3.05, 3.63) is 12.4 Å². The van der Waals surface area contributed by atoms with E-state index in [1.807, 2.05) is 0 Å². The van der Waals surface area contributed by atoms with Crippen molar-refractivity contribution in [1.82, 2.24) is 15.1 Å². The molecule has 0 bridgehead atoms. The second-order valence-corrected chi connectivity index (χ2v) is 2.68. The molecule has 3 N–H and O–H groups in total. The largest absolute Gasteiger partial charge is 0.450 e. The molecule has 0 saturated carbocycles. The minimum Gasteiger partial charge on any atom is -0.450 e. The number of nitrogens with zero attached hydrogens (tertiary/aromatic N) is 2. The van der Waals surface area contributed by atoms with Crippen molar-refractivity contribution < 1.29 is 9.53 Å². The Labute approximate surface area is 82.0 Å². The number of carbonyl (C=O) groups is 1. The van der Waals surface area contributed by atoms with E-state index in [4.69, 9.17) is 5.73 Å². The zero-order valence-electron chi connectivity index (χ0n) is 8.06. The third kappa shape index (κ3) is 3.34. The monoisotopic (exact) mass is 198 g/mol. The average Bonchev–Trinajstić information content (AvgIpc) is 2.52. The van der Waals surface area contributed by atoms with Crippen LogP contribution in [0.1, 0.15) is 6.92 Å². The van der Waals surface area contributed by atoms with E-state index in [-0.39, 0.29) is 0 Å². The van der Waals surface area contributed by atoms with E-state index in [2.05, 4.69) is 15.2 Å². The predicted molar refractivity (Wildman–Crippen MR) is 51.7 cm³/mol. The minimum absolute atomic E-state index is 0.376. The maximum atomic E-state index is 10.9. The lowest BCUT2D eigenvalue weighted by molar-refractivity contribution is 0.152. The second-order valence-electron chi connectivity index (χ2n) is 2.68. The summed E-state index contributed by atoms with van der Waals surface area (Å²) in [5, 5.41) is 6.54. The Morgan fingerprint density at radius 1 is 1.79 bits per heavy atom. The maximum Gasteiger partial charge on any atom is 0.407 e. The van der Waals surface area contributed by atoms with Crippen LogP contribution in [0, 0.1) is 0 Å². The molecule has 78 valence electrons. The summed E-state index contributed by atoms with van der Waals surface area (Å²) in [6.45, 7) is 3.18. The fourth-order valence-corrected chi connectivity index (χ4v) is 0.956. The molecule has 0 aliphatic rings. The molecule has 1 heterocycles. The summed E-state index contributed by atoms with van der Waals surface area (Å²) in [4.78, 5) is 10.9.